The summed E-state index contributed by atoms with van der Waals surface area (Å²) in [7, 11) is 1.35. The van der Waals surface area contributed by atoms with E-state index in [-0.39, 0.29) is 23.5 Å². The Kier molecular flexibility index (Phi) is 4.34. The number of aliphatic hydroxyl groups excluding tert-OH is 1. The van der Waals surface area contributed by atoms with Gasteiger partial charge >= 0.3 is 5.97 Å². The van der Waals surface area contributed by atoms with Gasteiger partial charge in [-0.05, 0) is 30.7 Å². The van der Waals surface area contributed by atoms with Crippen LogP contribution in [0.1, 0.15) is 30.7 Å². The van der Waals surface area contributed by atoms with E-state index in [0.29, 0.717) is 19.3 Å². The van der Waals surface area contributed by atoms with Gasteiger partial charge in [-0.1, -0.05) is 12.1 Å². The first-order valence-electron chi connectivity index (χ1n) is 6.53. The zero-order chi connectivity index (χ0) is 14.7. The molecule has 108 valence electrons. The highest BCUT2D eigenvalue weighted by Crippen LogP contribution is 2.39. The average molecular weight is 279 g/mol. The molecule has 1 N–H and O–H groups in total. The lowest BCUT2D eigenvalue weighted by Crippen LogP contribution is -2.32. The molecule has 6 heteroatoms. The van der Waals surface area contributed by atoms with E-state index in [0.717, 1.165) is 5.56 Å². The fourth-order valence-electron chi connectivity index (χ4n) is 2.79. The van der Waals surface area contributed by atoms with E-state index < -0.39 is 11.0 Å². The molecule has 2 rings (SSSR count). The molecular formula is C14H17NO5. The quantitative estimate of drug-likeness (QED) is 0.519. The average Bonchev–Trinajstić information content (AvgIpc) is 2.46. The van der Waals surface area contributed by atoms with Gasteiger partial charge in [-0.25, -0.2) is 0 Å². The Balaban J connectivity index is 2.25. The van der Waals surface area contributed by atoms with Gasteiger partial charge in [0.05, 0.1) is 24.1 Å². The standard InChI is InChI=1S/C14H17NO5/c1-20-14(17)12-7-6-11(16)8-13(12)9-2-4-10(5-3-9)15(18)19/h2-5,11-13,16H,6-8H2,1H3/t11-,12+,13-/m1/s1. The van der Waals surface area contributed by atoms with Gasteiger partial charge in [0.1, 0.15) is 0 Å². The molecule has 3 atom stereocenters. The largest absolute Gasteiger partial charge is 0.469 e. The minimum Gasteiger partial charge on any atom is -0.469 e. The molecule has 6 nitrogen and oxygen atoms in total. The van der Waals surface area contributed by atoms with Crippen molar-refractivity contribution >= 4 is 11.7 Å². The zero-order valence-electron chi connectivity index (χ0n) is 11.2. The minimum absolute atomic E-state index is 0.0136. The number of carbonyl (C=O) groups excluding carboxylic acids is 1. The van der Waals surface area contributed by atoms with Crippen LogP contribution < -0.4 is 0 Å². The molecule has 0 unspecified atom stereocenters. The van der Waals surface area contributed by atoms with Crippen molar-refractivity contribution in [2.45, 2.75) is 31.3 Å². The number of ether oxygens (including phenoxy) is 1. The molecule has 0 saturated heterocycles. The van der Waals surface area contributed by atoms with Gasteiger partial charge in [-0.3, -0.25) is 14.9 Å². The predicted octanol–water partition coefficient (Wildman–Crippen LogP) is 2.01. The predicted molar refractivity (Wildman–Crippen MR) is 71.2 cm³/mol. The Morgan fingerprint density at radius 1 is 1.35 bits per heavy atom. The summed E-state index contributed by atoms with van der Waals surface area (Å²) in [5, 5.41) is 20.4. The topological polar surface area (TPSA) is 89.7 Å². The third-order valence-electron chi connectivity index (χ3n) is 3.86. The van der Waals surface area contributed by atoms with E-state index in [4.69, 9.17) is 4.74 Å². The summed E-state index contributed by atoms with van der Waals surface area (Å²) in [6.07, 6.45) is 1.16. The van der Waals surface area contributed by atoms with Gasteiger partial charge in [0, 0.05) is 12.1 Å². The number of nitro groups is 1. The third-order valence-corrected chi connectivity index (χ3v) is 3.86. The summed E-state index contributed by atoms with van der Waals surface area (Å²) < 4.78 is 4.81. The summed E-state index contributed by atoms with van der Waals surface area (Å²) >= 11 is 0. The van der Waals surface area contributed by atoms with Crippen molar-refractivity contribution in [2.24, 2.45) is 5.92 Å². The fraction of sp³-hybridized carbons (Fsp3) is 0.500. The van der Waals surface area contributed by atoms with Crippen LogP contribution in [0.5, 0.6) is 0 Å². The van der Waals surface area contributed by atoms with Crippen molar-refractivity contribution in [1.29, 1.82) is 0 Å². The first kappa shape index (κ1) is 14.5. The molecule has 0 radical (unpaired) electrons. The van der Waals surface area contributed by atoms with E-state index in [1.165, 1.54) is 19.2 Å². The second-order valence-electron chi connectivity index (χ2n) is 5.05. The van der Waals surface area contributed by atoms with Crippen molar-refractivity contribution in [3.05, 3.63) is 39.9 Å². The van der Waals surface area contributed by atoms with Gasteiger partial charge in [-0.2, -0.15) is 0 Å². The highest BCUT2D eigenvalue weighted by atomic mass is 16.6. The van der Waals surface area contributed by atoms with Crippen LogP contribution in [-0.4, -0.2) is 29.2 Å². The molecule has 0 spiro atoms. The van der Waals surface area contributed by atoms with Crippen LogP contribution in [0, 0.1) is 16.0 Å². The van der Waals surface area contributed by atoms with E-state index >= 15 is 0 Å². The van der Waals surface area contributed by atoms with Gasteiger partial charge in [0.25, 0.3) is 5.69 Å². The summed E-state index contributed by atoms with van der Waals surface area (Å²) in [5.74, 6) is -0.753. The molecule has 1 aromatic rings. The van der Waals surface area contributed by atoms with E-state index in [1.807, 2.05) is 0 Å². The molecule has 1 aliphatic carbocycles. The van der Waals surface area contributed by atoms with Crippen LogP contribution in [-0.2, 0) is 9.53 Å². The lowest BCUT2D eigenvalue weighted by Gasteiger charge is -2.32. The second-order valence-corrected chi connectivity index (χ2v) is 5.05. The molecule has 20 heavy (non-hydrogen) atoms. The zero-order valence-corrected chi connectivity index (χ0v) is 11.2. The van der Waals surface area contributed by atoms with Crippen LogP contribution in [0.3, 0.4) is 0 Å². The molecule has 0 bridgehead atoms. The number of nitrogens with zero attached hydrogens (tertiary/aromatic N) is 1. The summed E-state index contributed by atoms with van der Waals surface area (Å²) in [5.41, 5.74) is 0.837. The number of hydrogen-bond acceptors (Lipinski definition) is 5. The van der Waals surface area contributed by atoms with Crippen LogP contribution in [0.2, 0.25) is 0 Å². The monoisotopic (exact) mass is 279 g/mol. The number of non-ortho nitro benzene ring substituents is 1. The van der Waals surface area contributed by atoms with Crippen molar-refractivity contribution in [1.82, 2.24) is 0 Å². The van der Waals surface area contributed by atoms with Gasteiger partial charge in [0.2, 0.25) is 0 Å². The van der Waals surface area contributed by atoms with Crippen molar-refractivity contribution < 1.29 is 19.6 Å². The highest BCUT2D eigenvalue weighted by Gasteiger charge is 2.36. The Hall–Kier alpha value is -1.95. The SMILES string of the molecule is COC(=O)[C@H]1CC[C@@H](O)C[C@@H]1c1ccc([N+](=O)[O-])cc1. The Bertz CT molecular complexity index is 499. The van der Waals surface area contributed by atoms with Gasteiger partial charge in [-0.15, -0.1) is 0 Å². The molecular weight excluding hydrogens is 262 g/mol. The molecule has 0 aliphatic heterocycles. The third kappa shape index (κ3) is 2.96. The molecule has 0 amide bonds. The number of esters is 1. The lowest BCUT2D eigenvalue weighted by atomic mass is 9.74. The first-order chi connectivity index (χ1) is 9.52. The maximum atomic E-state index is 11.8. The van der Waals surface area contributed by atoms with E-state index in [9.17, 15) is 20.0 Å². The Morgan fingerprint density at radius 2 is 2.00 bits per heavy atom. The first-order valence-corrected chi connectivity index (χ1v) is 6.53. The Morgan fingerprint density at radius 3 is 2.55 bits per heavy atom. The van der Waals surface area contributed by atoms with Crippen LogP contribution in [0.25, 0.3) is 0 Å². The van der Waals surface area contributed by atoms with E-state index in [2.05, 4.69) is 0 Å². The summed E-state index contributed by atoms with van der Waals surface area (Å²) in [6.45, 7) is 0. The second kappa shape index (κ2) is 6.00. The van der Waals surface area contributed by atoms with E-state index in [1.54, 1.807) is 12.1 Å². The maximum Gasteiger partial charge on any atom is 0.309 e. The van der Waals surface area contributed by atoms with Crippen molar-refractivity contribution in [2.75, 3.05) is 7.11 Å². The summed E-state index contributed by atoms with van der Waals surface area (Å²) in [4.78, 5) is 22.0. The van der Waals surface area contributed by atoms with Crippen LogP contribution in [0.15, 0.2) is 24.3 Å². The molecule has 0 aromatic heterocycles. The number of benzene rings is 1. The van der Waals surface area contributed by atoms with Gasteiger partial charge < -0.3 is 9.84 Å². The van der Waals surface area contributed by atoms with Crippen molar-refractivity contribution in [3.63, 3.8) is 0 Å². The molecule has 1 saturated carbocycles. The maximum absolute atomic E-state index is 11.8. The molecule has 0 heterocycles. The van der Waals surface area contributed by atoms with Crippen LogP contribution >= 0.6 is 0 Å². The lowest BCUT2D eigenvalue weighted by molar-refractivity contribution is -0.384. The number of hydrogen-bond donors (Lipinski definition) is 1. The molecule has 1 fully saturated rings. The number of carbonyl (C=O) groups is 1. The summed E-state index contributed by atoms with van der Waals surface area (Å²) in [6, 6.07) is 6.14. The molecule has 1 aliphatic rings. The number of nitro benzene ring substituents is 1. The van der Waals surface area contributed by atoms with Crippen LogP contribution in [0.4, 0.5) is 5.69 Å². The molecule has 1 aromatic carbocycles. The highest BCUT2D eigenvalue weighted by molar-refractivity contribution is 5.73. The van der Waals surface area contributed by atoms with Gasteiger partial charge in [0.15, 0.2) is 0 Å². The smallest absolute Gasteiger partial charge is 0.309 e. The Labute approximate surface area is 116 Å². The minimum atomic E-state index is -0.461. The fourth-order valence-corrected chi connectivity index (χ4v) is 2.79. The normalized spacial score (nSPS) is 26.0. The van der Waals surface area contributed by atoms with Crippen molar-refractivity contribution in [3.8, 4) is 0 Å². The number of rotatable bonds is 3. The number of methoxy groups -OCH3 is 1. The number of aliphatic hydroxyl groups is 1.